The van der Waals surface area contributed by atoms with Crippen molar-refractivity contribution in [3.05, 3.63) is 35.0 Å². The minimum atomic E-state index is -0.477. The number of benzene rings is 1. The predicted molar refractivity (Wildman–Crippen MR) is 90.0 cm³/mol. The Hall–Kier alpha value is -1.81. The van der Waals surface area contributed by atoms with E-state index in [9.17, 15) is 9.59 Å². The Bertz CT molecular complexity index is 731. The molecule has 1 aliphatic rings. The molecule has 4 nitrogen and oxygen atoms in total. The van der Waals surface area contributed by atoms with Crippen molar-refractivity contribution in [3.63, 3.8) is 0 Å². The Morgan fingerprint density at radius 3 is 2.78 bits per heavy atom. The first-order valence-electron chi connectivity index (χ1n) is 8.06. The first-order chi connectivity index (χ1) is 11.1. The van der Waals surface area contributed by atoms with Crippen molar-refractivity contribution in [2.45, 2.75) is 51.2 Å². The Morgan fingerprint density at radius 1 is 1.35 bits per heavy atom. The lowest BCUT2D eigenvalue weighted by Crippen LogP contribution is -2.26. The molecule has 0 spiro atoms. The molecule has 122 valence electrons. The summed E-state index contributed by atoms with van der Waals surface area (Å²) in [6.45, 7) is 1.80. The van der Waals surface area contributed by atoms with Crippen molar-refractivity contribution in [3.8, 4) is 0 Å². The van der Waals surface area contributed by atoms with Crippen LogP contribution < -0.4 is 0 Å². The van der Waals surface area contributed by atoms with Crippen LogP contribution in [0.2, 0.25) is 5.02 Å². The van der Waals surface area contributed by atoms with E-state index in [0.717, 1.165) is 42.9 Å². The molecule has 0 aliphatic heterocycles. The summed E-state index contributed by atoms with van der Waals surface area (Å²) in [6, 6.07) is 4.86. The minimum Gasteiger partial charge on any atom is -0.461 e. The van der Waals surface area contributed by atoms with E-state index in [1.165, 1.54) is 6.42 Å². The van der Waals surface area contributed by atoms with E-state index in [0.29, 0.717) is 10.6 Å². The van der Waals surface area contributed by atoms with Gasteiger partial charge in [-0.15, -0.1) is 0 Å². The van der Waals surface area contributed by atoms with Gasteiger partial charge in [-0.05, 0) is 50.8 Å². The Labute approximate surface area is 140 Å². The molecule has 1 aromatic heterocycles. The van der Waals surface area contributed by atoms with Crippen LogP contribution in [0.4, 0.5) is 0 Å². The first-order valence-corrected chi connectivity index (χ1v) is 8.43. The maximum absolute atomic E-state index is 12.5. The van der Waals surface area contributed by atoms with Gasteiger partial charge in [0.15, 0.2) is 6.29 Å². The number of esters is 1. The second-order valence-corrected chi connectivity index (χ2v) is 6.58. The molecule has 0 bridgehead atoms. The second-order valence-electron chi connectivity index (χ2n) is 6.14. The van der Waals surface area contributed by atoms with Crippen LogP contribution in [0.5, 0.6) is 0 Å². The second kappa shape index (κ2) is 6.75. The van der Waals surface area contributed by atoms with Crippen LogP contribution in [0.1, 0.15) is 55.4 Å². The molecule has 2 aromatic rings. The standard InChI is InChI=1S/C18H20ClNO3/c1-12(18(22)23-15-5-3-2-4-6-15)20-10-13(11-21)16-9-14(19)7-8-17(16)20/h7-12,15H,2-6H2,1H3. The van der Waals surface area contributed by atoms with Gasteiger partial charge >= 0.3 is 5.97 Å². The molecule has 1 aromatic carbocycles. The Kier molecular flexibility index (Phi) is 4.71. The SMILES string of the molecule is CC(C(=O)OC1CCCCC1)n1cc(C=O)c2cc(Cl)ccc21. The molecular formula is C18H20ClNO3. The van der Waals surface area contributed by atoms with Crippen molar-refractivity contribution in [1.82, 2.24) is 4.57 Å². The van der Waals surface area contributed by atoms with Gasteiger partial charge in [0.2, 0.25) is 0 Å². The summed E-state index contributed by atoms with van der Waals surface area (Å²) in [5, 5.41) is 1.32. The number of carbonyl (C=O) groups is 2. The largest absolute Gasteiger partial charge is 0.461 e. The highest BCUT2D eigenvalue weighted by Crippen LogP contribution is 2.28. The summed E-state index contributed by atoms with van der Waals surface area (Å²) < 4.78 is 7.44. The molecule has 1 aliphatic carbocycles. The summed E-state index contributed by atoms with van der Waals surface area (Å²) in [5.41, 5.74) is 1.34. The summed E-state index contributed by atoms with van der Waals surface area (Å²) in [5.74, 6) is -0.249. The normalized spacial score (nSPS) is 17.1. The van der Waals surface area contributed by atoms with Crippen molar-refractivity contribution < 1.29 is 14.3 Å². The van der Waals surface area contributed by atoms with Gasteiger partial charge in [-0.25, -0.2) is 4.79 Å². The van der Waals surface area contributed by atoms with Crippen LogP contribution in [0.3, 0.4) is 0 Å². The fourth-order valence-corrected chi connectivity index (χ4v) is 3.40. The number of rotatable bonds is 4. The molecule has 23 heavy (non-hydrogen) atoms. The van der Waals surface area contributed by atoms with E-state index >= 15 is 0 Å². The summed E-state index contributed by atoms with van der Waals surface area (Å²) in [6.07, 6.45) is 7.85. The van der Waals surface area contributed by atoms with Gasteiger partial charge in [-0.1, -0.05) is 18.0 Å². The fraction of sp³-hybridized carbons (Fsp3) is 0.444. The van der Waals surface area contributed by atoms with E-state index in [2.05, 4.69) is 0 Å². The number of carbonyl (C=O) groups excluding carboxylic acids is 2. The van der Waals surface area contributed by atoms with E-state index < -0.39 is 6.04 Å². The molecule has 0 radical (unpaired) electrons. The molecule has 0 saturated heterocycles. The summed E-state index contributed by atoms with van der Waals surface area (Å²) in [7, 11) is 0. The number of ether oxygens (including phenoxy) is 1. The lowest BCUT2D eigenvalue weighted by molar-refractivity contribution is -0.153. The molecular weight excluding hydrogens is 314 g/mol. The number of fused-ring (bicyclic) bond motifs is 1. The lowest BCUT2D eigenvalue weighted by Gasteiger charge is -2.24. The fourth-order valence-electron chi connectivity index (χ4n) is 3.23. The van der Waals surface area contributed by atoms with Crippen LogP contribution in [0.25, 0.3) is 10.9 Å². The van der Waals surface area contributed by atoms with Crippen LogP contribution in [0.15, 0.2) is 24.4 Å². The van der Waals surface area contributed by atoms with E-state index in [1.807, 2.05) is 6.07 Å². The number of aldehydes is 1. The molecule has 0 N–H and O–H groups in total. The lowest BCUT2D eigenvalue weighted by atomic mass is 9.98. The Morgan fingerprint density at radius 2 is 2.09 bits per heavy atom. The molecule has 0 amide bonds. The smallest absolute Gasteiger partial charge is 0.329 e. The van der Waals surface area contributed by atoms with Crippen molar-refractivity contribution in [2.24, 2.45) is 0 Å². The molecule has 5 heteroatoms. The van der Waals surface area contributed by atoms with Crippen LogP contribution in [0, 0.1) is 0 Å². The molecule has 1 fully saturated rings. The number of hydrogen-bond donors (Lipinski definition) is 0. The number of aromatic nitrogens is 1. The maximum Gasteiger partial charge on any atom is 0.329 e. The molecule has 1 unspecified atom stereocenters. The Balaban J connectivity index is 1.86. The average molecular weight is 334 g/mol. The van der Waals surface area contributed by atoms with E-state index in [1.54, 1.807) is 29.8 Å². The quantitative estimate of drug-likeness (QED) is 0.609. The van der Waals surface area contributed by atoms with Gasteiger partial charge in [0, 0.05) is 27.7 Å². The van der Waals surface area contributed by atoms with Gasteiger partial charge < -0.3 is 9.30 Å². The van der Waals surface area contributed by atoms with Crippen molar-refractivity contribution in [1.29, 1.82) is 0 Å². The van der Waals surface area contributed by atoms with Gasteiger partial charge in [-0.3, -0.25) is 4.79 Å². The third kappa shape index (κ3) is 3.27. The highest BCUT2D eigenvalue weighted by molar-refractivity contribution is 6.31. The molecule has 3 rings (SSSR count). The third-order valence-electron chi connectivity index (χ3n) is 4.55. The van der Waals surface area contributed by atoms with Gasteiger partial charge in [0.1, 0.15) is 12.1 Å². The highest BCUT2D eigenvalue weighted by Gasteiger charge is 2.24. The van der Waals surface area contributed by atoms with Crippen LogP contribution in [-0.2, 0) is 9.53 Å². The van der Waals surface area contributed by atoms with Gasteiger partial charge in [-0.2, -0.15) is 0 Å². The molecule has 1 saturated carbocycles. The summed E-state index contributed by atoms with van der Waals surface area (Å²) >= 11 is 6.01. The van der Waals surface area contributed by atoms with Crippen molar-refractivity contribution in [2.75, 3.05) is 0 Å². The molecule has 1 atom stereocenters. The number of halogens is 1. The zero-order chi connectivity index (χ0) is 16.4. The third-order valence-corrected chi connectivity index (χ3v) is 4.78. The zero-order valence-electron chi connectivity index (χ0n) is 13.1. The average Bonchev–Trinajstić information content (AvgIpc) is 2.92. The highest BCUT2D eigenvalue weighted by atomic mass is 35.5. The van der Waals surface area contributed by atoms with E-state index in [-0.39, 0.29) is 12.1 Å². The maximum atomic E-state index is 12.5. The first kappa shape index (κ1) is 16.1. The van der Waals surface area contributed by atoms with Gasteiger partial charge in [0.05, 0.1) is 0 Å². The summed E-state index contributed by atoms with van der Waals surface area (Å²) in [4.78, 5) is 23.7. The topological polar surface area (TPSA) is 48.3 Å². The van der Waals surface area contributed by atoms with Crippen LogP contribution in [-0.4, -0.2) is 22.9 Å². The zero-order valence-corrected chi connectivity index (χ0v) is 13.9. The number of hydrogen-bond acceptors (Lipinski definition) is 3. The van der Waals surface area contributed by atoms with Crippen molar-refractivity contribution >= 4 is 34.8 Å². The molecule has 1 heterocycles. The van der Waals surface area contributed by atoms with Crippen LogP contribution >= 0.6 is 11.6 Å². The monoisotopic (exact) mass is 333 g/mol. The van der Waals surface area contributed by atoms with E-state index in [4.69, 9.17) is 16.3 Å². The number of nitrogens with zero attached hydrogens (tertiary/aromatic N) is 1. The predicted octanol–water partition coefficient (Wildman–Crippen LogP) is 4.54. The van der Waals surface area contributed by atoms with Gasteiger partial charge in [0.25, 0.3) is 0 Å². The minimum absolute atomic E-state index is 0.0283.